The number of fused-ring (bicyclic) bond motifs is 2. The minimum atomic E-state index is 0. The van der Waals surface area contributed by atoms with E-state index in [-0.39, 0.29) is 18.3 Å². The number of hydrogen-bond donors (Lipinski definition) is 1. The summed E-state index contributed by atoms with van der Waals surface area (Å²) >= 11 is 0. The monoisotopic (exact) mass is 426 g/mol. The lowest BCUT2D eigenvalue weighted by Gasteiger charge is -2.40. The molecule has 164 valence electrons. The first-order chi connectivity index (χ1) is 13.5. The molecule has 2 atom stereocenters. The maximum Gasteiger partial charge on any atom is 0.254 e. The van der Waals surface area contributed by atoms with Crippen LogP contribution in [-0.2, 0) is 0 Å². The summed E-state index contributed by atoms with van der Waals surface area (Å²) in [5.74, 6) is 1.63. The number of rotatable bonds is 8. The van der Waals surface area contributed by atoms with Gasteiger partial charge in [-0.3, -0.25) is 4.79 Å². The Morgan fingerprint density at radius 2 is 1.62 bits per heavy atom. The Hall–Kier alpha value is -1.66. The highest BCUT2D eigenvalue weighted by atomic mass is 35.5. The van der Waals surface area contributed by atoms with Crippen molar-refractivity contribution in [3.8, 4) is 17.2 Å². The summed E-state index contributed by atoms with van der Waals surface area (Å²) in [7, 11) is 7.05. The van der Waals surface area contributed by atoms with Crippen molar-refractivity contribution in [2.45, 2.75) is 63.6 Å². The van der Waals surface area contributed by atoms with Crippen molar-refractivity contribution in [3.05, 3.63) is 17.7 Å². The maximum atomic E-state index is 13.6. The van der Waals surface area contributed by atoms with Gasteiger partial charge in [0.1, 0.15) is 0 Å². The van der Waals surface area contributed by atoms with E-state index in [4.69, 9.17) is 14.2 Å². The first-order valence-electron chi connectivity index (χ1n) is 10.5. The molecular weight excluding hydrogens is 392 g/mol. The molecule has 6 nitrogen and oxygen atoms in total. The highest BCUT2D eigenvalue weighted by Crippen LogP contribution is 2.39. The minimum Gasteiger partial charge on any atom is -1.00 e. The number of nitrogens with zero attached hydrogens (tertiary/aromatic N) is 1. The second-order valence-electron chi connectivity index (χ2n) is 8.11. The first kappa shape index (κ1) is 23.6. The molecule has 2 saturated heterocycles. The Kier molecular flexibility index (Phi) is 8.46. The molecule has 0 aliphatic carbocycles. The minimum absolute atomic E-state index is 0. The van der Waals surface area contributed by atoms with Crippen LogP contribution in [0.2, 0.25) is 0 Å². The Morgan fingerprint density at radius 3 is 2.07 bits per heavy atom. The number of piperidine rings is 1. The molecule has 2 aliphatic rings. The number of halogens is 1. The van der Waals surface area contributed by atoms with Crippen molar-refractivity contribution in [3.63, 3.8) is 0 Å². The third-order valence-corrected chi connectivity index (χ3v) is 6.63. The zero-order chi connectivity index (χ0) is 20.3. The van der Waals surface area contributed by atoms with Crippen LogP contribution in [0.5, 0.6) is 17.2 Å². The fourth-order valence-corrected chi connectivity index (χ4v) is 4.95. The summed E-state index contributed by atoms with van der Waals surface area (Å²) < 4.78 is 16.3. The number of hydrogen-bond acceptors (Lipinski definition) is 4. The second-order valence-corrected chi connectivity index (χ2v) is 8.11. The molecule has 0 radical (unpaired) electrons. The molecule has 2 fully saturated rings. The van der Waals surface area contributed by atoms with E-state index in [0.29, 0.717) is 40.9 Å². The summed E-state index contributed by atoms with van der Waals surface area (Å²) in [5, 5.41) is 0. The summed E-state index contributed by atoms with van der Waals surface area (Å²) in [4.78, 5) is 17.3. The number of benzene rings is 1. The Morgan fingerprint density at radius 1 is 1.07 bits per heavy atom. The third kappa shape index (κ3) is 4.75. The van der Waals surface area contributed by atoms with Gasteiger partial charge in [0.2, 0.25) is 5.75 Å². The highest BCUT2D eigenvalue weighted by molar-refractivity contribution is 5.96. The molecule has 2 heterocycles. The van der Waals surface area contributed by atoms with Crippen LogP contribution in [0.15, 0.2) is 12.1 Å². The van der Waals surface area contributed by atoms with Gasteiger partial charge in [-0.2, -0.15) is 0 Å². The fourth-order valence-electron chi connectivity index (χ4n) is 4.95. The Labute approximate surface area is 180 Å². The first-order valence-corrected chi connectivity index (χ1v) is 10.5. The predicted octanol–water partition coefficient (Wildman–Crippen LogP) is -0.833. The molecular formula is C22H35ClN2O4. The number of carbonyl (C=O) groups is 1. The number of quaternary nitrogens is 1. The van der Waals surface area contributed by atoms with E-state index < -0.39 is 0 Å². The van der Waals surface area contributed by atoms with Crippen molar-refractivity contribution in [1.29, 1.82) is 0 Å². The lowest BCUT2D eigenvalue weighted by molar-refractivity contribution is -0.922. The smallest absolute Gasteiger partial charge is 0.254 e. The molecule has 1 amide bonds. The van der Waals surface area contributed by atoms with E-state index in [9.17, 15) is 4.79 Å². The van der Waals surface area contributed by atoms with Gasteiger partial charge >= 0.3 is 0 Å². The molecule has 1 N–H and O–H groups in total. The normalized spacial score (nSPS) is 25.1. The van der Waals surface area contributed by atoms with Crippen LogP contribution in [0.3, 0.4) is 0 Å². The van der Waals surface area contributed by atoms with E-state index in [1.165, 1.54) is 12.8 Å². The molecule has 1 aromatic rings. The lowest BCUT2D eigenvalue weighted by Crippen LogP contribution is -3.15. The predicted molar refractivity (Wildman–Crippen MR) is 109 cm³/mol. The Balaban J connectivity index is 0.00000300. The number of nitrogens with one attached hydrogen (secondary N) is 1. The quantitative estimate of drug-likeness (QED) is 0.589. The fraction of sp³-hybridized carbons (Fsp3) is 0.682. The van der Waals surface area contributed by atoms with Gasteiger partial charge in [-0.1, -0.05) is 13.3 Å². The average Bonchev–Trinajstić information content (AvgIpc) is 2.93. The summed E-state index contributed by atoms with van der Waals surface area (Å²) in [5.41, 5.74) is 0.601. The number of carbonyl (C=O) groups excluding carboxylic acids is 1. The van der Waals surface area contributed by atoms with E-state index in [2.05, 4.69) is 18.9 Å². The standard InChI is InChI=1S/C22H34N2O4.ClH/c1-6-7-10-24(18-13-16-8-9-17(14-18)23(16)2)22(25)15-11-19(26-3)21(28-5)20(12-15)27-4;/h11-12,16-18H,6-10,13-14H2,1-5H3;1H. The van der Waals surface area contributed by atoms with Gasteiger partial charge in [-0.15, -0.1) is 0 Å². The SMILES string of the molecule is CCCCN(C(=O)c1cc(OC)c(OC)c(OC)c1)C1CC2CCC(C1)[NH+]2C.[Cl-]. The van der Waals surface area contributed by atoms with Gasteiger partial charge in [-0.25, -0.2) is 0 Å². The molecule has 0 saturated carbocycles. The zero-order valence-electron chi connectivity index (χ0n) is 18.3. The molecule has 2 bridgehead atoms. The van der Waals surface area contributed by atoms with Gasteiger partial charge in [0, 0.05) is 43.8 Å². The molecule has 1 aromatic carbocycles. The third-order valence-electron chi connectivity index (χ3n) is 6.63. The van der Waals surface area contributed by atoms with Crippen LogP contribution < -0.4 is 31.5 Å². The van der Waals surface area contributed by atoms with Crippen LogP contribution in [-0.4, -0.2) is 63.9 Å². The van der Waals surface area contributed by atoms with Crippen molar-refractivity contribution in [1.82, 2.24) is 4.90 Å². The number of ether oxygens (including phenoxy) is 3. The highest BCUT2D eigenvalue weighted by Gasteiger charge is 2.45. The lowest BCUT2D eigenvalue weighted by atomic mass is 9.95. The largest absolute Gasteiger partial charge is 1.00 e. The van der Waals surface area contributed by atoms with Crippen molar-refractivity contribution in [2.75, 3.05) is 34.9 Å². The van der Waals surface area contributed by atoms with Crippen molar-refractivity contribution >= 4 is 5.91 Å². The van der Waals surface area contributed by atoms with Gasteiger partial charge in [0.15, 0.2) is 11.5 Å². The average molecular weight is 427 g/mol. The molecule has 3 rings (SSSR count). The molecule has 0 aromatic heterocycles. The molecule has 0 spiro atoms. The topological polar surface area (TPSA) is 52.4 Å². The van der Waals surface area contributed by atoms with Crippen LogP contribution in [0.25, 0.3) is 0 Å². The van der Waals surface area contributed by atoms with E-state index >= 15 is 0 Å². The summed E-state index contributed by atoms with van der Waals surface area (Å²) in [6.45, 7) is 2.97. The Bertz CT molecular complexity index is 660. The van der Waals surface area contributed by atoms with E-state index in [1.807, 2.05) is 0 Å². The number of unbranched alkanes of at least 4 members (excludes halogenated alkanes) is 1. The van der Waals surface area contributed by atoms with Crippen molar-refractivity contribution < 1.29 is 36.3 Å². The van der Waals surface area contributed by atoms with Crippen LogP contribution >= 0.6 is 0 Å². The van der Waals surface area contributed by atoms with E-state index in [0.717, 1.165) is 32.2 Å². The summed E-state index contributed by atoms with van der Waals surface area (Å²) in [6.07, 6.45) is 6.86. The molecule has 2 unspecified atom stereocenters. The van der Waals surface area contributed by atoms with Crippen LogP contribution in [0.4, 0.5) is 0 Å². The second kappa shape index (κ2) is 10.4. The van der Waals surface area contributed by atoms with E-state index in [1.54, 1.807) is 38.4 Å². The maximum absolute atomic E-state index is 13.6. The van der Waals surface area contributed by atoms with Gasteiger partial charge in [0.05, 0.1) is 40.5 Å². The van der Waals surface area contributed by atoms with Crippen LogP contribution in [0, 0.1) is 0 Å². The van der Waals surface area contributed by atoms with Gasteiger partial charge in [0.25, 0.3) is 5.91 Å². The number of methoxy groups -OCH3 is 3. The van der Waals surface area contributed by atoms with Crippen molar-refractivity contribution in [2.24, 2.45) is 0 Å². The van der Waals surface area contributed by atoms with Crippen LogP contribution in [0.1, 0.15) is 55.8 Å². The zero-order valence-corrected chi connectivity index (χ0v) is 19.1. The molecule has 2 aliphatic heterocycles. The summed E-state index contributed by atoms with van der Waals surface area (Å²) in [6, 6.07) is 5.23. The number of amides is 1. The molecule has 29 heavy (non-hydrogen) atoms. The van der Waals surface area contributed by atoms with Gasteiger partial charge < -0.3 is 36.4 Å². The van der Waals surface area contributed by atoms with Gasteiger partial charge in [-0.05, 0) is 18.6 Å². The molecule has 7 heteroatoms.